The predicted octanol–water partition coefficient (Wildman–Crippen LogP) is 2.25. The van der Waals surface area contributed by atoms with Gasteiger partial charge in [-0.3, -0.25) is 0 Å². The molecule has 1 aromatic heterocycles. The number of aldehydes is 1. The zero-order chi connectivity index (χ0) is 7.66. The van der Waals surface area contributed by atoms with Gasteiger partial charge in [-0.15, -0.1) is 0 Å². The molecular formula is C7H10OS2. The van der Waals surface area contributed by atoms with Crippen LogP contribution in [0.5, 0.6) is 0 Å². The van der Waals surface area contributed by atoms with Crippen LogP contribution in [0.25, 0.3) is 0 Å². The largest absolute Gasteiger partial charge is 0.303 e. The minimum atomic E-state index is 0.573. The Bertz CT molecular complexity index is 120. The summed E-state index contributed by atoms with van der Waals surface area (Å²) >= 11 is 5.48. The monoisotopic (exact) mass is 174 g/mol. The molecular weight excluding hydrogens is 164 g/mol. The third kappa shape index (κ3) is 7.72. The highest BCUT2D eigenvalue weighted by Crippen LogP contribution is 1.91. The topological polar surface area (TPSA) is 17.1 Å². The summed E-state index contributed by atoms with van der Waals surface area (Å²) in [5.74, 6) is 0.670. The second-order valence-electron chi connectivity index (χ2n) is 1.47. The standard InChI is InChI=1S/C4H4S.C3H6OS/c1-2-4-5-3-1;4-2-1-3-5/h1-4H;2,5H,1,3H2. The highest BCUT2D eigenvalue weighted by Gasteiger charge is 1.67. The molecule has 0 unspecified atom stereocenters. The number of rotatable bonds is 2. The van der Waals surface area contributed by atoms with Crippen molar-refractivity contribution in [3.05, 3.63) is 22.9 Å². The molecule has 0 N–H and O–H groups in total. The SMILES string of the molecule is O=CCCS.c1ccsc1. The van der Waals surface area contributed by atoms with E-state index in [2.05, 4.69) is 12.6 Å². The number of carbonyl (C=O) groups excluding carboxylic acids is 1. The van der Waals surface area contributed by atoms with Crippen LogP contribution in [0.1, 0.15) is 6.42 Å². The molecule has 0 aromatic carbocycles. The van der Waals surface area contributed by atoms with Crippen molar-refractivity contribution in [2.75, 3.05) is 5.75 Å². The summed E-state index contributed by atoms with van der Waals surface area (Å²) in [4.78, 5) is 9.36. The zero-order valence-corrected chi connectivity index (χ0v) is 7.28. The lowest BCUT2D eigenvalue weighted by molar-refractivity contribution is -0.107. The first kappa shape index (κ1) is 9.72. The fourth-order valence-corrected chi connectivity index (χ4v) is 0.839. The number of thiophene rings is 1. The molecule has 0 amide bonds. The molecule has 1 aromatic rings. The molecule has 10 heavy (non-hydrogen) atoms. The summed E-state index contributed by atoms with van der Waals surface area (Å²) in [6.07, 6.45) is 1.43. The van der Waals surface area contributed by atoms with Gasteiger partial charge in [0.2, 0.25) is 0 Å². The van der Waals surface area contributed by atoms with Gasteiger partial charge in [-0.05, 0) is 16.5 Å². The average Bonchev–Trinajstić information content (AvgIpc) is 2.44. The smallest absolute Gasteiger partial charge is 0.120 e. The van der Waals surface area contributed by atoms with E-state index in [1.807, 2.05) is 22.9 Å². The molecule has 1 rings (SSSR count). The molecule has 0 bridgehead atoms. The van der Waals surface area contributed by atoms with Gasteiger partial charge in [0.1, 0.15) is 6.29 Å². The summed E-state index contributed by atoms with van der Waals surface area (Å²) in [7, 11) is 0. The van der Waals surface area contributed by atoms with Crippen LogP contribution in [0.3, 0.4) is 0 Å². The summed E-state index contributed by atoms with van der Waals surface area (Å²) in [5, 5.41) is 4.08. The molecule has 0 radical (unpaired) electrons. The van der Waals surface area contributed by atoms with Crippen molar-refractivity contribution in [1.82, 2.24) is 0 Å². The first-order chi connectivity index (χ1) is 4.91. The summed E-state index contributed by atoms with van der Waals surface area (Å²) < 4.78 is 0. The highest BCUT2D eigenvalue weighted by atomic mass is 32.1. The molecule has 0 atom stereocenters. The molecule has 0 fully saturated rings. The lowest BCUT2D eigenvalue weighted by atomic mass is 10.6. The second kappa shape index (κ2) is 8.72. The van der Waals surface area contributed by atoms with Crippen LogP contribution in [0.2, 0.25) is 0 Å². The van der Waals surface area contributed by atoms with Crippen molar-refractivity contribution in [2.45, 2.75) is 6.42 Å². The first-order valence-electron chi connectivity index (χ1n) is 2.93. The van der Waals surface area contributed by atoms with Gasteiger partial charge in [-0.2, -0.15) is 24.0 Å². The zero-order valence-electron chi connectivity index (χ0n) is 5.56. The Morgan fingerprint density at radius 3 is 2.10 bits per heavy atom. The van der Waals surface area contributed by atoms with Crippen LogP contribution >= 0.6 is 24.0 Å². The van der Waals surface area contributed by atoms with E-state index >= 15 is 0 Å². The van der Waals surface area contributed by atoms with Crippen LogP contribution in [0.4, 0.5) is 0 Å². The lowest BCUT2D eigenvalue weighted by Crippen LogP contribution is -1.70. The molecule has 0 saturated carbocycles. The van der Waals surface area contributed by atoms with E-state index in [4.69, 9.17) is 0 Å². The molecule has 3 heteroatoms. The maximum atomic E-state index is 9.36. The van der Waals surface area contributed by atoms with Crippen LogP contribution in [-0.4, -0.2) is 12.0 Å². The van der Waals surface area contributed by atoms with E-state index in [1.165, 1.54) is 0 Å². The van der Waals surface area contributed by atoms with Gasteiger partial charge < -0.3 is 4.79 Å². The molecule has 0 saturated heterocycles. The number of hydrogen-bond donors (Lipinski definition) is 1. The second-order valence-corrected chi connectivity index (χ2v) is 2.74. The lowest BCUT2D eigenvalue weighted by Gasteiger charge is -1.68. The molecule has 56 valence electrons. The van der Waals surface area contributed by atoms with Gasteiger partial charge in [0.15, 0.2) is 0 Å². The van der Waals surface area contributed by atoms with E-state index in [-0.39, 0.29) is 0 Å². The minimum Gasteiger partial charge on any atom is -0.303 e. The predicted molar refractivity (Wildman–Crippen MR) is 48.9 cm³/mol. The maximum Gasteiger partial charge on any atom is 0.120 e. The summed E-state index contributed by atoms with van der Waals surface area (Å²) in [5.41, 5.74) is 0. The van der Waals surface area contributed by atoms with Gasteiger partial charge in [0, 0.05) is 6.42 Å². The Labute approximate surface area is 70.5 Å². The quantitative estimate of drug-likeness (QED) is 0.537. The van der Waals surface area contributed by atoms with Crippen LogP contribution in [0.15, 0.2) is 22.9 Å². The maximum absolute atomic E-state index is 9.36. The van der Waals surface area contributed by atoms with Gasteiger partial charge in [0.25, 0.3) is 0 Å². The Kier molecular flexibility index (Phi) is 8.48. The van der Waals surface area contributed by atoms with Crippen LogP contribution < -0.4 is 0 Å². The summed E-state index contributed by atoms with van der Waals surface area (Å²) in [6, 6.07) is 4.04. The van der Waals surface area contributed by atoms with Crippen molar-refractivity contribution in [1.29, 1.82) is 0 Å². The van der Waals surface area contributed by atoms with Crippen LogP contribution in [-0.2, 0) is 4.79 Å². The first-order valence-corrected chi connectivity index (χ1v) is 4.51. The van der Waals surface area contributed by atoms with Crippen molar-refractivity contribution in [2.24, 2.45) is 0 Å². The van der Waals surface area contributed by atoms with Gasteiger partial charge in [-0.25, -0.2) is 0 Å². The minimum absolute atomic E-state index is 0.573. The number of carbonyl (C=O) groups is 1. The van der Waals surface area contributed by atoms with Crippen molar-refractivity contribution in [3.63, 3.8) is 0 Å². The van der Waals surface area contributed by atoms with E-state index in [9.17, 15) is 4.79 Å². The van der Waals surface area contributed by atoms with Gasteiger partial charge in [0.05, 0.1) is 0 Å². The highest BCUT2D eigenvalue weighted by molar-refractivity contribution is 7.80. The van der Waals surface area contributed by atoms with Crippen molar-refractivity contribution in [3.8, 4) is 0 Å². The average molecular weight is 174 g/mol. The van der Waals surface area contributed by atoms with Crippen molar-refractivity contribution < 1.29 is 4.79 Å². The Hall–Kier alpha value is -0.280. The molecule has 0 aliphatic heterocycles. The van der Waals surface area contributed by atoms with Crippen molar-refractivity contribution >= 4 is 30.3 Å². The van der Waals surface area contributed by atoms with E-state index < -0.39 is 0 Å². The third-order valence-electron chi connectivity index (χ3n) is 0.672. The van der Waals surface area contributed by atoms with Gasteiger partial charge >= 0.3 is 0 Å². The van der Waals surface area contributed by atoms with Gasteiger partial charge in [-0.1, -0.05) is 12.1 Å². The fourth-order valence-electron chi connectivity index (χ4n) is 0.280. The number of thiol groups is 1. The molecule has 1 heterocycles. The molecule has 0 aliphatic rings. The Morgan fingerprint density at radius 1 is 1.40 bits per heavy atom. The van der Waals surface area contributed by atoms with E-state index in [1.54, 1.807) is 11.3 Å². The normalized spacial score (nSPS) is 7.70. The van der Waals surface area contributed by atoms with E-state index in [0.717, 1.165) is 6.29 Å². The molecule has 0 spiro atoms. The van der Waals surface area contributed by atoms with Crippen LogP contribution in [0, 0.1) is 0 Å². The summed E-state index contributed by atoms with van der Waals surface area (Å²) in [6.45, 7) is 0. The number of hydrogen-bond acceptors (Lipinski definition) is 3. The fraction of sp³-hybridized carbons (Fsp3) is 0.286. The molecule has 0 aliphatic carbocycles. The van der Waals surface area contributed by atoms with E-state index in [0.29, 0.717) is 12.2 Å². The molecule has 1 nitrogen and oxygen atoms in total. The third-order valence-corrected chi connectivity index (χ3v) is 1.56. The Balaban J connectivity index is 0.000000162. The Morgan fingerprint density at radius 2 is 2.00 bits per heavy atom.